The van der Waals surface area contributed by atoms with Crippen LogP contribution in [-0.2, 0) is 14.9 Å². The SMILES string of the molecule is O=C(N1CC(CO)CC(CN2CCOCC2)C1)C1(c2ccccc2)CC1. The lowest BCUT2D eigenvalue weighted by Gasteiger charge is -2.41. The molecule has 5 nitrogen and oxygen atoms in total. The van der Waals surface area contributed by atoms with Crippen LogP contribution in [-0.4, -0.2) is 73.4 Å². The molecule has 2 heterocycles. The molecule has 3 fully saturated rings. The second-order valence-corrected chi connectivity index (χ2v) is 8.22. The largest absolute Gasteiger partial charge is 0.396 e. The molecule has 0 aromatic heterocycles. The molecule has 1 saturated carbocycles. The third kappa shape index (κ3) is 3.66. The molecule has 142 valence electrons. The lowest BCUT2D eigenvalue weighted by atomic mass is 9.86. The van der Waals surface area contributed by atoms with Crippen LogP contribution in [0.4, 0.5) is 0 Å². The molecule has 0 spiro atoms. The quantitative estimate of drug-likeness (QED) is 0.867. The van der Waals surface area contributed by atoms with E-state index in [0.717, 1.165) is 64.2 Å². The van der Waals surface area contributed by atoms with Crippen molar-refractivity contribution in [1.82, 2.24) is 9.80 Å². The summed E-state index contributed by atoms with van der Waals surface area (Å²) in [6, 6.07) is 10.2. The fourth-order valence-corrected chi connectivity index (χ4v) is 4.71. The van der Waals surface area contributed by atoms with Gasteiger partial charge in [0, 0.05) is 39.3 Å². The van der Waals surface area contributed by atoms with Crippen LogP contribution in [0.3, 0.4) is 0 Å². The van der Waals surface area contributed by atoms with Gasteiger partial charge in [-0.1, -0.05) is 30.3 Å². The number of hydrogen-bond acceptors (Lipinski definition) is 4. The Morgan fingerprint density at radius 2 is 1.81 bits per heavy atom. The van der Waals surface area contributed by atoms with Gasteiger partial charge in [0.2, 0.25) is 5.91 Å². The summed E-state index contributed by atoms with van der Waals surface area (Å²) in [7, 11) is 0. The van der Waals surface area contributed by atoms with E-state index in [1.807, 2.05) is 18.2 Å². The average Bonchev–Trinajstić information content (AvgIpc) is 3.50. The van der Waals surface area contributed by atoms with Gasteiger partial charge in [0.05, 0.1) is 18.6 Å². The third-order valence-corrected chi connectivity index (χ3v) is 6.28. The molecule has 1 aromatic rings. The van der Waals surface area contributed by atoms with Gasteiger partial charge in [-0.3, -0.25) is 9.69 Å². The minimum Gasteiger partial charge on any atom is -0.396 e. The van der Waals surface area contributed by atoms with Crippen molar-refractivity contribution in [3.8, 4) is 0 Å². The van der Waals surface area contributed by atoms with Crippen LogP contribution in [0.5, 0.6) is 0 Å². The van der Waals surface area contributed by atoms with E-state index < -0.39 is 0 Å². The van der Waals surface area contributed by atoms with Gasteiger partial charge < -0.3 is 14.7 Å². The second-order valence-electron chi connectivity index (χ2n) is 8.22. The van der Waals surface area contributed by atoms with Crippen LogP contribution in [0, 0.1) is 11.8 Å². The first-order valence-electron chi connectivity index (χ1n) is 9.97. The van der Waals surface area contributed by atoms with Gasteiger partial charge in [-0.15, -0.1) is 0 Å². The van der Waals surface area contributed by atoms with E-state index in [0.29, 0.717) is 12.5 Å². The van der Waals surface area contributed by atoms with Crippen LogP contribution in [0.1, 0.15) is 24.8 Å². The number of benzene rings is 1. The fourth-order valence-electron chi connectivity index (χ4n) is 4.71. The summed E-state index contributed by atoms with van der Waals surface area (Å²) in [5.41, 5.74) is 0.850. The minimum absolute atomic E-state index is 0.168. The summed E-state index contributed by atoms with van der Waals surface area (Å²) in [4.78, 5) is 17.9. The van der Waals surface area contributed by atoms with E-state index in [-0.39, 0.29) is 23.8 Å². The molecule has 1 aromatic carbocycles. The zero-order valence-electron chi connectivity index (χ0n) is 15.5. The molecule has 2 saturated heterocycles. The number of likely N-dealkylation sites (tertiary alicyclic amines) is 1. The smallest absolute Gasteiger partial charge is 0.233 e. The van der Waals surface area contributed by atoms with Crippen LogP contribution in [0.15, 0.2) is 30.3 Å². The van der Waals surface area contributed by atoms with Crippen molar-refractivity contribution in [2.24, 2.45) is 11.8 Å². The monoisotopic (exact) mass is 358 g/mol. The van der Waals surface area contributed by atoms with E-state index in [1.165, 1.54) is 0 Å². The van der Waals surface area contributed by atoms with Crippen molar-refractivity contribution in [3.05, 3.63) is 35.9 Å². The molecule has 5 heteroatoms. The predicted molar refractivity (Wildman–Crippen MR) is 99.9 cm³/mol. The number of morpholine rings is 1. The Balaban J connectivity index is 1.45. The number of aliphatic hydroxyl groups excluding tert-OH is 1. The van der Waals surface area contributed by atoms with Crippen LogP contribution >= 0.6 is 0 Å². The van der Waals surface area contributed by atoms with Crippen molar-refractivity contribution in [1.29, 1.82) is 0 Å². The van der Waals surface area contributed by atoms with Gasteiger partial charge in [-0.25, -0.2) is 0 Å². The van der Waals surface area contributed by atoms with Crippen molar-refractivity contribution >= 4 is 5.91 Å². The molecule has 0 bridgehead atoms. The standard InChI is InChI=1S/C21H30N2O3/c24-16-18-12-17(13-22-8-10-26-11-9-22)14-23(15-18)20(25)21(6-7-21)19-4-2-1-3-5-19/h1-5,17-18,24H,6-16H2. The minimum atomic E-state index is -0.303. The summed E-state index contributed by atoms with van der Waals surface area (Å²) in [6.45, 7) is 6.24. The molecule has 0 radical (unpaired) electrons. The molecule has 1 aliphatic carbocycles. The zero-order chi connectivity index (χ0) is 18.0. The molecule has 3 aliphatic rings. The number of amides is 1. The highest BCUT2D eigenvalue weighted by Gasteiger charge is 2.53. The second kappa shape index (κ2) is 7.67. The maximum atomic E-state index is 13.4. The molecule has 2 unspecified atom stereocenters. The number of nitrogens with zero attached hydrogens (tertiary/aromatic N) is 2. The zero-order valence-corrected chi connectivity index (χ0v) is 15.5. The fraction of sp³-hybridized carbons (Fsp3) is 0.667. The summed E-state index contributed by atoms with van der Waals surface area (Å²) in [6.07, 6.45) is 2.91. The van der Waals surface area contributed by atoms with Crippen LogP contribution < -0.4 is 0 Å². The molecule has 26 heavy (non-hydrogen) atoms. The number of rotatable bonds is 5. The Labute approximate surface area is 155 Å². The van der Waals surface area contributed by atoms with Crippen molar-refractivity contribution in [3.63, 3.8) is 0 Å². The van der Waals surface area contributed by atoms with Crippen molar-refractivity contribution < 1.29 is 14.6 Å². The molecular formula is C21H30N2O3. The molecule has 4 rings (SSSR count). The first-order valence-corrected chi connectivity index (χ1v) is 9.97. The lowest BCUT2D eigenvalue weighted by Crippen LogP contribution is -2.51. The molecule has 1 amide bonds. The van der Waals surface area contributed by atoms with Gasteiger partial charge in [0.1, 0.15) is 0 Å². The maximum absolute atomic E-state index is 13.4. The molecule has 2 aliphatic heterocycles. The Hall–Kier alpha value is -1.43. The Kier molecular flexibility index (Phi) is 5.30. The number of carbonyl (C=O) groups is 1. The average molecular weight is 358 g/mol. The van der Waals surface area contributed by atoms with Crippen molar-refractivity contribution in [2.75, 3.05) is 52.5 Å². The highest BCUT2D eigenvalue weighted by atomic mass is 16.5. The maximum Gasteiger partial charge on any atom is 0.233 e. The normalized spacial score (nSPS) is 28.7. The van der Waals surface area contributed by atoms with Crippen LogP contribution in [0.25, 0.3) is 0 Å². The molecule has 1 N–H and O–H groups in total. The summed E-state index contributed by atoms with van der Waals surface area (Å²) < 4.78 is 5.45. The highest BCUT2D eigenvalue weighted by molar-refractivity contribution is 5.91. The van der Waals surface area contributed by atoms with Gasteiger partial charge in [0.25, 0.3) is 0 Å². The van der Waals surface area contributed by atoms with E-state index >= 15 is 0 Å². The van der Waals surface area contributed by atoms with Crippen LogP contribution in [0.2, 0.25) is 0 Å². The van der Waals surface area contributed by atoms with E-state index in [2.05, 4.69) is 21.9 Å². The highest BCUT2D eigenvalue weighted by Crippen LogP contribution is 2.50. The lowest BCUT2D eigenvalue weighted by molar-refractivity contribution is -0.137. The molecule has 2 atom stereocenters. The van der Waals surface area contributed by atoms with E-state index in [4.69, 9.17) is 4.74 Å². The Bertz CT molecular complexity index is 611. The van der Waals surface area contributed by atoms with E-state index in [9.17, 15) is 9.90 Å². The Morgan fingerprint density at radius 3 is 2.46 bits per heavy atom. The number of ether oxygens (including phenoxy) is 1. The van der Waals surface area contributed by atoms with Gasteiger partial charge in [0.15, 0.2) is 0 Å². The summed E-state index contributed by atoms with van der Waals surface area (Å²) in [5, 5.41) is 9.78. The Morgan fingerprint density at radius 1 is 1.12 bits per heavy atom. The molecular weight excluding hydrogens is 328 g/mol. The first kappa shape index (κ1) is 18.0. The topological polar surface area (TPSA) is 53.0 Å². The summed E-state index contributed by atoms with van der Waals surface area (Å²) >= 11 is 0. The first-order chi connectivity index (χ1) is 12.7. The number of carbonyl (C=O) groups excluding carboxylic acids is 1. The van der Waals surface area contributed by atoms with Gasteiger partial charge >= 0.3 is 0 Å². The predicted octanol–water partition coefficient (Wildman–Crippen LogP) is 1.51. The van der Waals surface area contributed by atoms with Gasteiger partial charge in [-0.05, 0) is 36.7 Å². The summed E-state index contributed by atoms with van der Waals surface area (Å²) in [5.74, 6) is 0.911. The van der Waals surface area contributed by atoms with E-state index in [1.54, 1.807) is 0 Å². The number of piperidine rings is 1. The number of aliphatic hydroxyl groups is 1. The van der Waals surface area contributed by atoms with Crippen molar-refractivity contribution in [2.45, 2.75) is 24.7 Å². The number of hydrogen-bond donors (Lipinski definition) is 1. The third-order valence-electron chi connectivity index (χ3n) is 6.28. The van der Waals surface area contributed by atoms with Gasteiger partial charge in [-0.2, -0.15) is 0 Å².